The normalized spacial score (nSPS) is 17.7. The molecule has 0 bridgehead atoms. The van der Waals surface area contributed by atoms with Gasteiger partial charge in [0.1, 0.15) is 0 Å². The van der Waals surface area contributed by atoms with E-state index in [2.05, 4.69) is 28.2 Å². The maximum absolute atomic E-state index is 12.1. The lowest BCUT2D eigenvalue weighted by Gasteiger charge is -2.20. The van der Waals surface area contributed by atoms with Crippen molar-refractivity contribution in [3.05, 3.63) is 35.4 Å². The standard InChI is InChI=1S/C15H20BrNO/c1-11(13-4-2-3-5-13)17-15(18)14-8-6-12(10-16)7-9-14/h6-9,11,13H,2-5,10H2,1H3,(H,17,18)/t11-/m0/s1. The molecule has 3 heteroatoms. The lowest BCUT2D eigenvalue weighted by molar-refractivity contribution is 0.0927. The third kappa shape index (κ3) is 3.35. The molecule has 0 aromatic heterocycles. The Kier molecular flexibility index (Phi) is 4.81. The van der Waals surface area contributed by atoms with Crippen LogP contribution in [0.25, 0.3) is 0 Å². The molecule has 0 heterocycles. The minimum Gasteiger partial charge on any atom is -0.349 e. The van der Waals surface area contributed by atoms with E-state index in [-0.39, 0.29) is 11.9 Å². The number of rotatable bonds is 4. The molecular formula is C15H20BrNO. The average molecular weight is 310 g/mol. The van der Waals surface area contributed by atoms with Crippen LogP contribution in [0.5, 0.6) is 0 Å². The van der Waals surface area contributed by atoms with Gasteiger partial charge in [-0.15, -0.1) is 0 Å². The van der Waals surface area contributed by atoms with E-state index in [0.717, 1.165) is 10.9 Å². The van der Waals surface area contributed by atoms with E-state index in [0.29, 0.717) is 5.92 Å². The summed E-state index contributed by atoms with van der Waals surface area (Å²) >= 11 is 3.40. The van der Waals surface area contributed by atoms with Crippen LogP contribution in [-0.2, 0) is 5.33 Å². The third-order valence-corrected chi connectivity index (χ3v) is 4.48. The van der Waals surface area contributed by atoms with Crippen LogP contribution in [0.4, 0.5) is 0 Å². The molecule has 1 saturated carbocycles. The summed E-state index contributed by atoms with van der Waals surface area (Å²) in [6.07, 6.45) is 5.13. The summed E-state index contributed by atoms with van der Waals surface area (Å²) in [6, 6.07) is 8.06. The minimum atomic E-state index is 0.0514. The Morgan fingerprint density at radius 1 is 1.33 bits per heavy atom. The minimum absolute atomic E-state index is 0.0514. The van der Waals surface area contributed by atoms with Crippen molar-refractivity contribution in [2.45, 2.75) is 44.0 Å². The highest BCUT2D eigenvalue weighted by atomic mass is 79.9. The molecule has 0 unspecified atom stereocenters. The van der Waals surface area contributed by atoms with Crippen molar-refractivity contribution in [3.63, 3.8) is 0 Å². The van der Waals surface area contributed by atoms with Crippen LogP contribution >= 0.6 is 15.9 Å². The largest absolute Gasteiger partial charge is 0.349 e. The van der Waals surface area contributed by atoms with Gasteiger partial charge in [-0.05, 0) is 43.4 Å². The second-order valence-electron chi connectivity index (χ2n) is 5.14. The Hall–Kier alpha value is -0.830. The second-order valence-corrected chi connectivity index (χ2v) is 5.70. The number of nitrogens with one attached hydrogen (secondary N) is 1. The molecule has 1 N–H and O–H groups in total. The summed E-state index contributed by atoms with van der Waals surface area (Å²) < 4.78 is 0. The van der Waals surface area contributed by atoms with Gasteiger partial charge in [-0.25, -0.2) is 0 Å². The van der Waals surface area contributed by atoms with Crippen molar-refractivity contribution in [1.29, 1.82) is 0 Å². The van der Waals surface area contributed by atoms with Crippen molar-refractivity contribution in [2.75, 3.05) is 0 Å². The molecule has 1 aromatic carbocycles. The number of carbonyl (C=O) groups is 1. The van der Waals surface area contributed by atoms with Crippen LogP contribution in [0, 0.1) is 5.92 Å². The van der Waals surface area contributed by atoms with Crippen molar-refractivity contribution < 1.29 is 4.79 Å². The van der Waals surface area contributed by atoms with Crippen molar-refractivity contribution in [3.8, 4) is 0 Å². The number of benzene rings is 1. The first-order valence-corrected chi connectivity index (χ1v) is 7.78. The molecule has 98 valence electrons. The molecule has 0 spiro atoms. The van der Waals surface area contributed by atoms with Crippen molar-refractivity contribution in [1.82, 2.24) is 5.32 Å². The first-order valence-electron chi connectivity index (χ1n) is 6.66. The van der Waals surface area contributed by atoms with E-state index in [4.69, 9.17) is 0 Å². The molecule has 0 saturated heterocycles. The summed E-state index contributed by atoms with van der Waals surface area (Å²) in [5, 5.41) is 3.95. The first kappa shape index (κ1) is 13.6. The van der Waals surface area contributed by atoms with Gasteiger partial charge in [-0.3, -0.25) is 4.79 Å². The van der Waals surface area contributed by atoms with Gasteiger partial charge >= 0.3 is 0 Å². The molecule has 1 fully saturated rings. The smallest absolute Gasteiger partial charge is 0.251 e. The van der Waals surface area contributed by atoms with Gasteiger partial charge in [0.05, 0.1) is 0 Å². The third-order valence-electron chi connectivity index (χ3n) is 3.84. The molecule has 0 radical (unpaired) electrons. The molecule has 1 aliphatic carbocycles. The van der Waals surface area contributed by atoms with E-state index >= 15 is 0 Å². The topological polar surface area (TPSA) is 29.1 Å². The molecule has 2 nitrogen and oxygen atoms in total. The Balaban J connectivity index is 1.93. The molecule has 1 amide bonds. The van der Waals surface area contributed by atoms with Gasteiger partial charge in [0.2, 0.25) is 0 Å². The Labute approximate surface area is 117 Å². The number of halogens is 1. The number of hydrogen-bond acceptors (Lipinski definition) is 1. The molecule has 1 aliphatic rings. The molecule has 0 aliphatic heterocycles. The van der Waals surface area contributed by atoms with Crippen LogP contribution < -0.4 is 5.32 Å². The van der Waals surface area contributed by atoms with Crippen LogP contribution in [-0.4, -0.2) is 11.9 Å². The van der Waals surface area contributed by atoms with E-state index < -0.39 is 0 Å². The Morgan fingerprint density at radius 3 is 2.50 bits per heavy atom. The molecule has 1 aromatic rings. The lowest BCUT2D eigenvalue weighted by Crippen LogP contribution is -2.37. The highest BCUT2D eigenvalue weighted by molar-refractivity contribution is 9.08. The van der Waals surface area contributed by atoms with Crippen molar-refractivity contribution >= 4 is 21.8 Å². The van der Waals surface area contributed by atoms with Gasteiger partial charge < -0.3 is 5.32 Å². The van der Waals surface area contributed by atoms with Gasteiger partial charge in [-0.1, -0.05) is 40.9 Å². The van der Waals surface area contributed by atoms with Gasteiger partial charge in [0.25, 0.3) is 5.91 Å². The number of carbonyl (C=O) groups excluding carboxylic acids is 1. The van der Waals surface area contributed by atoms with Crippen molar-refractivity contribution in [2.24, 2.45) is 5.92 Å². The Bertz CT molecular complexity index is 395. The highest BCUT2D eigenvalue weighted by Crippen LogP contribution is 2.27. The summed E-state index contributed by atoms with van der Waals surface area (Å²) in [6.45, 7) is 2.13. The molecule has 1 atom stereocenters. The fraction of sp³-hybridized carbons (Fsp3) is 0.533. The van der Waals surface area contributed by atoms with Gasteiger partial charge in [0, 0.05) is 16.9 Å². The second kappa shape index (κ2) is 6.37. The van der Waals surface area contributed by atoms with E-state index in [1.807, 2.05) is 24.3 Å². The SMILES string of the molecule is C[C@H](NC(=O)c1ccc(CBr)cc1)C1CCCC1. The number of alkyl halides is 1. The van der Waals surface area contributed by atoms with E-state index in [1.165, 1.54) is 31.2 Å². The number of amides is 1. The summed E-state index contributed by atoms with van der Waals surface area (Å²) in [7, 11) is 0. The predicted octanol–water partition coefficient (Wildman–Crippen LogP) is 3.89. The van der Waals surface area contributed by atoms with Crippen LogP contribution in [0.15, 0.2) is 24.3 Å². The highest BCUT2D eigenvalue weighted by Gasteiger charge is 2.22. The summed E-state index contributed by atoms with van der Waals surface area (Å²) in [5.41, 5.74) is 1.94. The van der Waals surface area contributed by atoms with E-state index in [1.54, 1.807) is 0 Å². The maximum Gasteiger partial charge on any atom is 0.251 e. The maximum atomic E-state index is 12.1. The monoisotopic (exact) mass is 309 g/mol. The fourth-order valence-electron chi connectivity index (χ4n) is 2.61. The van der Waals surface area contributed by atoms with Gasteiger partial charge in [0.15, 0.2) is 0 Å². The Morgan fingerprint density at radius 2 is 1.94 bits per heavy atom. The molecule has 18 heavy (non-hydrogen) atoms. The molecule has 2 rings (SSSR count). The summed E-state index contributed by atoms with van der Waals surface area (Å²) in [5.74, 6) is 0.714. The van der Waals surface area contributed by atoms with E-state index in [9.17, 15) is 4.79 Å². The zero-order valence-corrected chi connectivity index (χ0v) is 12.4. The van der Waals surface area contributed by atoms with Gasteiger partial charge in [-0.2, -0.15) is 0 Å². The number of hydrogen-bond donors (Lipinski definition) is 1. The van der Waals surface area contributed by atoms with Crippen LogP contribution in [0.1, 0.15) is 48.5 Å². The summed E-state index contributed by atoms with van der Waals surface area (Å²) in [4.78, 5) is 12.1. The quantitative estimate of drug-likeness (QED) is 0.840. The first-order chi connectivity index (χ1) is 8.70. The average Bonchev–Trinajstić information content (AvgIpc) is 2.92. The molecular weight excluding hydrogens is 290 g/mol. The predicted molar refractivity (Wildman–Crippen MR) is 78.0 cm³/mol. The van der Waals surface area contributed by atoms with Crippen LogP contribution in [0.2, 0.25) is 0 Å². The fourth-order valence-corrected chi connectivity index (χ4v) is 2.98. The zero-order chi connectivity index (χ0) is 13.0. The zero-order valence-electron chi connectivity index (χ0n) is 10.8. The lowest BCUT2D eigenvalue weighted by atomic mass is 9.99. The van der Waals surface area contributed by atoms with Crippen LogP contribution in [0.3, 0.4) is 0 Å².